The van der Waals surface area contributed by atoms with Gasteiger partial charge in [0.1, 0.15) is 0 Å². The van der Waals surface area contributed by atoms with Gasteiger partial charge in [-0.05, 0) is 12.1 Å². The molecule has 1 unspecified atom stereocenters. The predicted octanol–water partition coefficient (Wildman–Crippen LogP) is -0.411. The normalized spacial score (nSPS) is 13.1. The maximum Gasteiger partial charge on any atom is 0.287 e. The second-order valence-electron chi connectivity index (χ2n) is 3.08. The Labute approximate surface area is 93.2 Å². The van der Waals surface area contributed by atoms with Gasteiger partial charge in [-0.2, -0.15) is 8.42 Å². The summed E-state index contributed by atoms with van der Waals surface area (Å²) in [5, 5.41) is 0.635. The second kappa shape index (κ2) is 5.06. The Morgan fingerprint density at radius 3 is 2.38 bits per heavy atom. The molecule has 1 amide bonds. The summed E-state index contributed by atoms with van der Waals surface area (Å²) in [5.74, 6) is -0.603. The molecule has 0 saturated heterocycles. The summed E-state index contributed by atoms with van der Waals surface area (Å²) in [4.78, 5) is 11.5. The molecule has 0 radical (unpaired) electrons. The number of benzene rings is 1. The van der Waals surface area contributed by atoms with E-state index in [-0.39, 0.29) is 0 Å². The van der Waals surface area contributed by atoms with E-state index in [1.807, 2.05) is 0 Å². The highest BCUT2D eigenvalue weighted by Gasteiger charge is 2.23. The molecule has 4 N–H and O–H groups in total. The molecule has 0 fully saturated rings. The first-order valence-electron chi connectivity index (χ1n) is 4.47. The van der Waals surface area contributed by atoms with Crippen molar-refractivity contribution in [2.24, 2.45) is 5.73 Å². The fourth-order valence-corrected chi connectivity index (χ4v) is 1.57. The van der Waals surface area contributed by atoms with E-state index < -0.39 is 27.9 Å². The number of nitrogens with one attached hydrogen (secondary N) is 1. The zero-order valence-corrected chi connectivity index (χ0v) is 9.15. The van der Waals surface area contributed by atoms with Gasteiger partial charge < -0.3 is 11.1 Å². The minimum absolute atomic E-state index is 0.296. The van der Waals surface area contributed by atoms with E-state index in [1.54, 1.807) is 18.2 Å². The number of nitrogens with two attached hydrogens (primary N) is 1. The van der Waals surface area contributed by atoms with Crippen LogP contribution in [0.2, 0.25) is 0 Å². The Morgan fingerprint density at radius 1 is 1.38 bits per heavy atom. The molecule has 0 spiro atoms. The smallest absolute Gasteiger partial charge is 0.287 e. The van der Waals surface area contributed by atoms with Gasteiger partial charge in [0.2, 0.25) is 0 Å². The highest BCUT2D eigenvalue weighted by molar-refractivity contribution is 7.86. The van der Waals surface area contributed by atoms with Crippen LogP contribution in [0.5, 0.6) is 0 Å². The maximum atomic E-state index is 11.5. The fourth-order valence-electron chi connectivity index (χ4n) is 1.07. The van der Waals surface area contributed by atoms with Gasteiger partial charge in [-0.1, -0.05) is 18.2 Å². The zero-order valence-electron chi connectivity index (χ0n) is 8.33. The van der Waals surface area contributed by atoms with Crippen molar-refractivity contribution in [3.63, 3.8) is 0 Å². The lowest BCUT2D eigenvalue weighted by molar-refractivity contribution is 0.0947. The molecule has 0 saturated carbocycles. The summed E-state index contributed by atoms with van der Waals surface area (Å²) < 4.78 is 30.3. The monoisotopic (exact) mass is 244 g/mol. The molecule has 6 nitrogen and oxygen atoms in total. The van der Waals surface area contributed by atoms with Gasteiger partial charge >= 0.3 is 0 Å². The van der Waals surface area contributed by atoms with Crippen molar-refractivity contribution in [2.75, 3.05) is 6.54 Å². The fraction of sp³-hybridized carbons (Fsp3) is 0.222. The third-order valence-corrected chi connectivity index (χ3v) is 2.93. The zero-order chi connectivity index (χ0) is 12.2. The molecular weight excluding hydrogens is 232 g/mol. The topological polar surface area (TPSA) is 109 Å². The Bertz CT molecular complexity index is 458. The van der Waals surface area contributed by atoms with E-state index in [4.69, 9.17) is 10.3 Å². The number of hydrogen-bond donors (Lipinski definition) is 3. The van der Waals surface area contributed by atoms with Crippen LogP contribution in [0.15, 0.2) is 30.3 Å². The second-order valence-corrected chi connectivity index (χ2v) is 4.68. The molecule has 1 atom stereocenters. The van der Waals surface area contributed by atoms with Gasteiger partial charge in [-0.3, -0.25) is 9.35 Å². The number of carbonyl (C=O) groups is 1. The number of carbonyl (C=O) groups excluding carboxylic acids is 1. The van der Waals surface area contributed by atoms with Crippen molar-refractivity contribution < 1.29 is 17.8 Å². The first-order chi connectivity index (χ1) is 7.45. The van der Waals surface area contributed by atoms with E-state index >= 15 is 0 Å². The van der Waals surface area contributed by atoms with E-state index in [1.165, 1.54) is 12.1 Å². The van der Waals surface area contributed by atoms with Gasteiger partial charge in [0.15, 0.2) is 5.37 Å². The molecule has 16 heavy (non-hydrogen) atoms. The predicted molar refractivity (Wildman–Crippen MR) is 58.3 cm³/mol. The molecule has 0 aromatic heterocycles. The summed E-state index contributed by atoms with van der Waals surface area (Å²) in [6, 6.07) is 8.04. The molecule has 88 valence electrons. The number of amides is 1. The lowest BCUT2D eigenvalue weighted by Gasteiger charge is -2.13. The largest absolute Gasteiger partial charge is 0.332 e. The summed E-state index contributed by atoms with van der Waals surface area (Å²) in [5.41, 5.74) is 5.43. The molecule has 0 aliphatic heterocycles. The van der Waals surface area contributed by atoms with E-state index in [2.05, 4.69) is 5.32 Å². The van der Waals surface area contributed by atoms with Gasteiger partial charge in [0.05, 0.1) is 0 Å². The summed E-state index contributed by atoms with van der Waals surface area (Å²) >= 11 is 0. The minimum Gasteiger partial charge on any atom is -0.332 e. The van der Waals surface area contributed by atoms with Crippen molar-refractivity contribution in [3.8, 4) is 0 Å². The average Bonchev–Trinajstić information content (AvgIpc) is 2.25. The maximum absolute atomic E-state index is 11.5. The molecule has 7 heteroatoms. The molecule has 0 bridgehead atoms. The summed E-state index contributed by atoms with van der Waals surface area (Å²) in [6.07, 6.45) is 0. The lowest BCUT2D eigenvalue weighted by atomic mass is 10.2. The standard InChI is InChI=1S/C9H12N2O4S/c10-6-8(16(13,14)15)11-9(12)7-4-2-1-3-5-7/h1-5,8H,6,10H2,(H,11,12)(H,13,14,15). The summed E-state index contributed by atoms with van der Waals surface area (Å²) in [6.45, 7) is -0.391. The van der Waals surface area contributed by atoms with Crippen LogP contribution in [0.25, 0.3) is 0 Å². The molecule has 1 rings (SSSR count). The molecule has 1 aromatic carbocycles. The van der Waals surface area contributed by atoms with Crippen LogP contribution in [0.4, 0.5) is 0 Å². The third-order valence-electron chi connectivity index (χ3n) is 1.90. The minimum atomic E-state index is -4.37. The van der Waals surface area contributed by atoms with Gasteiger partial charge in [-0.15, -0.1) is 0 Å². The van der Waals surface area contributed by atoms with Crippen LogP contribution in [-0.4, -0.2) is 30.8 Å². The van der Waals surface area contributed by atoms with Crippen LogP contribution in [0.1, 0.15) is 10.4 Å². The first kappa shape index (κ1) is 12.6. The van der Waals surface area contributed by atoms with Gasteiger partial charge in [0, 0.05) is 12.1 Å². The first-order valence-corrected chi connectivity index (χ1v) is 5.97. The van der Waals surface area contributed by atoms with Crippen LogP contribution in [0, 0.1) is 0 Å². The highest BCUT2D eigenvalue weighted by Crippen LogP contribution is 2.00. The van der Waals surface area contributed by atoms with Crippen LogP contribution in [-0.2, 0) is 10.1 Å². The summed E-state index contributed by atoms with van der Waals surface area (Å²) in [7, 11) is -4.37. The number of rotatable bonds is 4. The van der Waals surface area contributed by atoms with Crippen molar-refractivity contribution >= 4 is 16.0 Å². The van der Waals surface area contributed by atoms with Crippen molar-refractivity contribution in [1.82, 2.24) is 5.32 Å². The quantitative estimate of drug-likeness (QED) is 0.624. The van der Waals surface area contributed by atoms with Crippen molar-refractivity contribution in [3.05, 3.63) is 35.9 Å². The van der Waals surface area contributed by atoms with E-state index in [0.29, 0.717) is 5.56 Å². The molecule has 0 heterocycles. The lowest BCUT2D eigenvalue weighted by Crippen LogP contribution is -2.45. The van der Waals surface area contributed by atoms with Crippen LogP contribution < -0.4 is 11.1 Å². The molecule has 0 aliphatic carbocycles. The van der Waals surface area contributed by atoms with Gasteiger partial charge in [0.25, 0.3) is 16.0 Å². The Morgan fingerprint density at radius 2 is 1.94 bits per heavy atom. The van der Waals surface area contributed by atoms with Crippen molar-refractivity contribution in [1.29, 1.82) is 0 Å². The SMILES string of the molecule is NCC(NC(=O)c1ccccc1)S(=O)(=O)O. The Hall–Kier alpha value is -1.44. The van der Waals surface area contributed by atoms with Crippen LogP contribution in [0.3, 0.4) is 0 Å². The van der Waals surface area contributed by atoms with Crippen LogP contribution >= 0.6 is 0 Å². The highest BCUT2D eigenvalue weighted by atomic mass is 32.2. The number of hydrogen-bond acceptors (Lipinski definition) is 4. The molecule has 1 aromatic rings. The van der Waals surface area contributed by atoms with E-state index in [9.17, 15) is 13.2 Å². The average molecular weight is 244 g/mol. The Balaban J connectivity index is 2.79. The molecular formula is C9H12N2O4S. The van der Waals surface area contributed by atoms with Crippen molar-refractivity contribution in [2.45, 2.75) is 5.37 Å². The van der Waals surface area contributed by atoms with E-state index in [0.717, 1.165) is 0 Å². The van der Waals surface area contributed by atoms with Gasteiger partial charge in [-0.25, -0.2) is 0 Å². The third kappa shape index (κ3) is 3.30. The molecule has 0 aliphatic rings. The Kier molecular flexibility index (Phi) is 3.99.